The lowest BCUT2D eigenvalue weighted by atomic mass is 10.0. The van der Waals surface area contributed by atoms with Crippen molar-refractivity contribution in [3.8, 4) is 0 Å². The molecule has 1 aromatic carbocycles. The van der Waals surface area contributed by atoms with E-state index in [1.54, 1.807) is 38.1 Å². The normalized spacial score (nSPS) is 11.6. The number of primary amides is 1. The number of urea groups is 1. The number of nitrogens with two attached hydrogens (primary N) is 2. The van der Waals surface area contributed by atoms with Crippen LogP contribution in [0, 0.1) is 5.92 Å². The zero-order chi connectivity index (χ0) is 30.7. The topological polar surface area (TPSA) is 224 Å². The Morgan fingerprint density at radius 2 is 1.52 bits per heavy atom. The second kappa shape index (κ2) is 19.8. The van der Waals surface area contributed by atoms with Gasteiger partial charge in [-0.25, -0.2) is 4.79 Å². The number of amides is 6. The summed E-state index contributed by atoms with van der Waals surface area (Å²) < 4.78 is 4.94. The summed E-state index contributed by atoms with van der Waals surface area (Å²) in [6.45, 7) is 8.37. The van der Waals surface area contributed by atoms with Gasteiger partial charge in [-0.3, -0.25) is 24.0 Å². The first kappa shape index (κ1) is 35.8. The van der Waals surface area contributed by atoms with Gasteiger partial charge in [0, 0.05) is 19.2 Å². The molecule has 2 atom stereocenters. The fourth-order valence-corrected chi connectivity index (χ4v) is 3.16. The summed E-state index contributed by atoms with van der Waals surface area (Å²) in [6, 6.07) is 3.89. The van der Waals surface area contributed by atoms with Crippen LogP contribution in [0.25, 0.3) is 0 Å². The number of carbonyl (C=O) groups is 6. The molecule has 0 aromatic heterocycles. The first-order chi connectivity index (χ1) is 18.9. The van der Waals surface area contributed by atoms with Gasteiger partial charge in [-0.05, 0) is 36.5 Å². The molecule has 0 radical (unpaired) electrons. The van der Waals surface area contributed by atoms with Crippen LogP contribution in [0.4, 0.5) is 10.5 Å². The second-order valence-corrected chi connectivity index (χ2v) is 8.73. The van der Waals surface area contributed by atoms with E-state index in [-0.39, 0.29) is 38.6 Å². The van der Waals surface area contributed by atoms with Gasteiger partial charge in [-0.2, -0.15) is 0 Å². The van der Waals surface area contributed by atoms with Crippen LogP contribution >= 0.6 is 0 Å². The summed E-state index contributed by atoms with van der Waals surface area (Å²) in [6.07, 6.45) is 0.486. The molecule has 0 spiro atoms. The molecule has 14 nitrogen and oxygen atoms in total. The lowest BCUT2D eigenvalue weighted by Gasteiger charge is -2.25. The molecule has 0 fully saturated rings. The van der Waals surface area contributed by atoms with E-state index in [1.165, 1.54) is 6.92 Å². The van der Waals surface area contributed by atoms with Gasteiger partial charge < -0.3 is 42.8 Å². The Balaban J connectivity index is 0.00000742. The van der Waals surface area contributed by atoms with Gasteiger partial charge in [0.05, 0.1) is 13.1 Å². The number of carbonyl (C=O) groups excluding carboxylic acids is 6. The molecular formula is C26H43N7O7. The maximum Gasteiger partial charge on any atom is 0.312 e. The number of rotatable bonds is 15. The summed E-state index contributed by atoms with van der Waals surface area (Å²) in [7, 11) is 0. The maximum absolute atomic E-state index is 13.0. The minimum Gasteiger partial charge on any atom is -0.461 e. The molecule has 0 bridgehead atoms. The predicted octanol–water partition coefficient (Wildman–Crippen LogP) is -0.137. The first-order valence-corrected chi connectivity index (χ1v) is 13.1. The van der Waals surface area contributed by atoms with Crippen molar-refractivity contribution in [1.29, 1.82) is 0 Å². The van der Waals surface area contributed by atoms with Crippen molar-refractivity contribution < 1.29 is 33.5 Å². The molecule has 0 aliphatic rings. The summed E-state index contributed by atoms with van der Waals surface area (Å²) in [5, 5.41) is 12.7. The molecule has 14 heteroatoms. The van der Waals surface area contributed by atoms with E-state index in [0.29, 0.717) is 12.1 Å². The van der Waals surface area contributed by atoms with E-state index in [2.05, 4.69) is 26.6 Å². The smallest absolute Gasteiger partial charge is 0.312 e. The van der Waals surface area contributed by atoms with Gasteiger partial charge in [0.25, 0.3) is 0 Å². The van der Waals surface area contributed by atoms with Crippen molar-refractivity contribution in [2.24, 2.45) is 17.4 Å². The second-order valence-electron chi connectivity index (χ2n) is 8.73. The van der Waals surface area contributed by atoms with Crippen LogP contribution in [-0.4, -0.2) is 67.3 Å². The molecule has 0 aliphatic carbocycles. The number of benzene rings is 1. The quantitative estimate of drug-likeness (QED) is 0.112. The van der Waals surface area contributed by atoms with Crippen LogP contribution in [0.3, 0.4) is 0 Å². The van der Waals surface area contributed by atoms with Crippen LogP contribution in [-0.2, 0) is 35.3 Å². The molecule has 2 unspecified atom stereocenters. The van der Waals surface area contributed by atoms with Gasteiger partial charge in [0.2, 0.25) is 23.6 Å². The van der Waals surface area contributed by atoms with E-state index in [0.717, 1.165) is 5.56 Å². The molecule has 40 heavy (non-hydrogen) atoms. The maximum atomic E-state index is 13.0. The highest BCUT2D eigenvalue weighted by Crippen LogP contribution is 2.12. The average Bonchev–Trinajstić information content (AvgIpc) is 2.92. The highest BCUT2D eigenvalue weighted by molar-refractivity contribution is 5.98. The van der Waals surface area contributed by atoms with Crippen LogP contribution in [0.2, 0.25) is 0 Å². The van der Waals surface area contributed by atoms with Crippen molar-refractivity contribution >= 4 is 41.3 Å². The van der Waals surface area contributed by atoms with E-state index in [9.17, 15) is 28.8 Å². The molecule has 1 aromatic rings. The van der Waals surface area contributed by atoms with Crippen molar-refractivity contribution in [2.45, 2.75) is 66.2 Å². The van der Waals surface area contributed by atoms with Crippen LogP contribution in [0.5, 0.6) is 0 Å². The van der Waals surface area contributed by atoms with Crippen molar-refractivity contribution in [1.82, 2.24) is 21.3 Å². The minimum atomic E-state index is -1.01. The molecule has 0 aliphatic heterocycles. The van der Waals surface area contributed by atoms with Crippen LogP contribution in [0.1, 0.15) is 53.0 Å². The minimum absolute atomic E-state index is 0.0906. The molecule has 0 saturated heterocycles. The van der Waals surface area contributed by atoms with Gasteiger partial charge in [0.15, 0.2) is 0 Å². The standard InChI is InChI=1S/C24H37N7O7.C2H6/c1-14(2)21(31-20(34)12-28-19(33)11-25)23(36)30-18(5-4-10-27-24(26)37)22(35)29-17-8-6-16(7-9-17)13-38-15(3)32;1-2/h6-9,14,18,21H,4-5,10-13,25H2,1-3H3,(H,28,33)(H,29,35)(H,30,36)(H,31,34)(H3,26,27,37);1-2H3. The Labute approximate surface area is 234 Å². The predicted molar refractivity (Wildman–Crippen MR) is 149 cm³/mol. The van der Waals surface area contributed by atoms with E-state index >= 15 is 0 Å². The lowest BCUT2D eigenvalue weighted by Crippen LogP contribution is -2.55. The molecule has 9 N–H and O–H groups in total. The van der Waals surface area contributed by atoms with Crippen molar-refractivity contribution in [2.75, 3.05) is 25.0 Å². The van der Waals surface area contributed by atoms with E-state index in [4.69, 9.17) is 16.2 Å². The largest absolute Gasteiger partial charge is 0.461 e. The fraction of sp³-hybridized carbons (Fsp3) is 0.538. The SMILES string of the molecule is CC.CC(=O)OCc1ccc(NC(=O)C(CCCNC(N)=O)NC(=O)C(NC(=O)CNC(=O)CN)C(C)C)cc1. The summed E-state index contributed by atoms with van der Waals surface area (Å²) in [4.78, 5) is 71.5. The van der Waals surface area contributed by atoms with Gasteiger partial charge >= 0.3 is 12.0 Å². The Morgan fingerprint density at radius 3 is 2.05 bits per heavy atom. The highest BCUT2D eigenvalue weighted by atomic mass is 16.5. The molecule has 0 saturated carbocycles. The van der Waals surface area contributed by atoms with E-state index in [1.807, 2.05) is 13.8 Å². The molecule has 224 valence electrons. The number of hydrogen-bond acceptors (Lipinski definition) is 8. The Hall–Kier alpha value is -4.20. The monoisotopic (exact) mass is 565 g/mol. The van der Waals surface area contributed by atoms with Gasteiger partial charge in [0.1, 0.15) is 18.7 Å². The molecular weight excluding hydrogens is 522 g/mol. The zero-order valence-electron chi connectivity index (χ0n) is 23.8. The first-order valence-electron chi connectivity index (χ1n) is 13.1. The third kappa shape index (κ3) is 15.3. The lowest BCUT2D eigenvalue weighted by molar-refractivity contribution is -0.142. The highest BCUT2D eigenvalue weighted by Gasteiger charge is 2.28. The van der Waals surface area contributed by atoms with Crippen LogP contribution in [0.15, 0.2) is 24.3 Å². The number of anilines is 1. The third-order valence-corrected chi connectivity index (χ3v) is 5.16. The summed E-state index contributed by atoms with van der Waals surface area (Å²) in [5.74, 6) is -2.99. The number of hydrogen-bond donors (Lipinski definition) is 7. The Bertz CT molecular complexity index is 984. The number of esters is 1. The van der Waals surface area contributed by atoms with Crippen molar-refractivity contribution in [3.63, 3.8) is 0 Å². The fourth-order valence-electron chi connectivity index (χ4n) is 3.16. The number of ether oxygens (including phenoxy) is 1. The average molecular weight is 566 g/mol. The third-order valence-electron chi connectivity index (χ3n) is 5.16. The summed E-state index contributed by atoms with van der Waals surface area (Å²) in [5.41, 5.74) is 11.4. The molecule has 1 rings (SSSR count). The number of nitrogens with one attached hydrogen (secondary N) is 5. The zero-order valence-corrected chi connectivity index (χ0v) is 23.8. The Kier molecular flexibility index (Phi) is 17.7. The van der Waals surface area contributed by atoms with E-state index < -0.39 is 47.7 Å². The van der Waals surface area contributed by atoms with Crippen molar-refractivity contribution in [3.05, 3.63) is 29.8 Å². The van der Waals surface area contributed by atoms with Crippen LogP contribution < -0.4 is 38.1 Å². The molecule has 0 heterocycles. The summed E-state index contributed by atoms with van der Waals surface area (Å²) >= 11 is 0. The van der Waals surface area contributed by atoms with Gasteiger partial charge in [-0.15, -0.1) is 0 Å². The Morgan fingerprint density at radius 1 is 0.900 bits per heavy atom. The molecule has 6 amide bonds. The van der Waals surface area contributed by atoms with Gasteiger partial charge in [-0.1, -0.05) is 39.8 Å².